The molecule has 5 nitrogen and oxygen atoms in total. The van der Waals surface area contributed by atoms with Gasteiger partial charge in [0.05, 0.1) is 18.0 Å². The molecule has 0 saturated heterocycles. The molecular formula is C25H25FIrN3O2-. The third-order valence-electron chi connectivity index (χ3n) is 4.41. The number of nitrogens with zero attached hydrogens (tertiary/aromatic N) is 3. The van der Waals surface area contributed by atoms with Gasteiger partial charge in [-0.1, -0.05) is 30.3 Å². The summed E-state index contributed by atoms with van der Waals surface area (Å²) in [6.45, 7) is 3.32. The minimum absolute atomic E-state index is 0. The van der Waals surface area contributed by atoms with E-state index in [1.165, 1.54) is 12.1 Å². The molecule has 0 aliphatic carbocycles. The van der Waals surface area contributed by atoms with Crippen molar-refractivity contribution >= 4 is 0 Å². The van der Waals surface area contributed by atoms with Crippen LogP contribution in [-0.2, 0) is 20.1 Å². The van der Waals surface area contributed by atoms with Crippen molar-refractivity contribution < 1.29 is 34.7 Å². The second-order valence-corrected chi connectivity index (χ2v) is 7.24. The monoisotopic (exact) mass is 611 g/mol. The first-order valence-electron chi connectivity index (χ1n) is 10.1. The van der Waals surface area contributed by atoms with Gasteiger partial charge in [-0.25, -0.2) is 4.39 Å². The molecule has 2 unspecified atom stereocenters. The summed E-state index contributed by atoms with van der Waals surface area (Å²) in [6, 6.07) is 26.9. The van der Waals surface area contributed by atoms with Crippen LogP contribution in [0.1, 0.15) is 20.3 Å². The molecule has 0 bridgehead atoms. The molecule has 7 heteroatoms. The van der Waals surface area contributed by atoms with Gasteiger partial charge in [-0.2, -0.15) is 5.10 Å². The smallest absolute Gasteiger partial charge is 0.159 e. The molecule has 3 aromatic carbocycles. The maximum atomic E-state index is 13.3. The number of hydrogen-bond acceptors (Lipinski definition) is 4. The normalized spacial score (nSPS) is 12.2. The average Bonchev–Trinajstić information content (AvgIpc) is 3.20. The van der Waals surface area contributed by atoms with Crippen LogP contribution in [0.3, 0.4) is 0 Å². The first-order valence-corrected chi connectivity index (χ1v) is 10.1. The van der Waals surface area contributed by atoms with Crippen molar-refractivity contribution in [2.75, 3.05) is 0 Å². The van der Waals surface area contributed by atoms with Crippen molar-refractivity contribution in [1.29, 1.82) is 0 Å². The van der Waals surface area contributed by atoms with Gasteiger partial charge in [-0.05, 0) is 44.5 Å². The molecule has 1 heterocycles. The molecule has 4 aromatic rings. The van der Waals surface area contributed by atoms with E-state index >= 15 is 0 Å². The number of rotatable bonds is 5. The topological polar surface area (TPSA) is 71.2 Å². The minimum Gasteiger partial charge on any atom is -0.393 e. The molecule has 0 saturated carbocycles. The van der Waals surface area contributed by atoms with Crippen LogP contribution >= 0.6 is 0 Å². The summed E-state index contributed by atoms with van der Waals surface area (Å²) >= 11 is 0. The molecule has 1 aromatic heterocycles. The van der Waals surface area contributed by atoms with Crippen LogP contribution in [0, 0.1) is 11.9 Å². The molecule has 0 amide bonds. The molecule has 0 aliphatic heterocycles. The van der Waals surface area contributed by atoms with E-state index in [2.05, 4.69) is 16.3 Å². The number of halogens is 1. The minimum atomic E-state index is -0.375. The largest absolute Gasteiger partial charge is 0.393 e. The zero-order chi connectivity index (χ0) is 22.2. The first-order chi connectivity index (χ1) is 15.0. The van der Waals surface area contributed by atoms with Crippen molar-refractivity contribution in [1.82, 2.24) is 14.8 Å². The Balaban J connectivity index is 0.000000398. The van der Waals surface area contributed by atoms with E-state index in [1.807, 2.05) is 59.2 Å². The Bertz CT molecular complexity index is 1010. The van der Waals surface area contributed by atoms with Crippen LogP contribution in [-0.4, -0.2) is 37.2 Å². The predicted octanol–water partition coefficient (Wildman–Crippen LogP) is 4.68. The van der Waals surface area contributed by atoms with Crippen LogP contribution in [0.25, 0.3) is 28.5 Å². The van der Waals surface area contributed by atoms with Gasteiger partial charge in [-0.15, -0.1) is 41.0 Å². The second-order valence-electron chi connectivity index (χ2n) is 7.24. The molecule has 0 fully saturated rings. The third kappa shape index (κ3) is 6.90. The van der Waals surface area contributed by atoms with Gasteiger partial charge in [0.15, 0.2) is 5.82 Å². The maximum absolute atomic E-state index is 13.3. The molecule has 4 rings (SSSR count). The zero-order valence-corrected chi connectivity index (χ0v) is 20.2. The standard InChI is InChI=1S/C20H13FN3.C5H12O2.Ir/c21-17-11-13-18(14-12-17)24-19(15-7-3-1-4-8-15)22-23-20(24)16-9-5-2-6-10-16;1-4(6)3-5(2)7;/h1-9,11-14H;4-7H,3H2,1-2H3;/q-1;;. The van der Waals surface area contributed by atoms with E-state index in [4.69, 9.17) is 10.2 Å². The number of hydrogen-bond donors (Lipinski definition) is 2. The number of aromatic nitrogens is 3. The second kappa shape index (κ2) is 12.4. The van der Waals surface area contributed by atoms with E-state index in [1.54, 1.807) is 26.0 Å². The van der Waals surface area contributed by atoms with Crippen LogP contribution in [0.2, 0.25) is 0 Å². The van der Waals surface area contributed by atoms with Gasteiger partial charge in [0.25, 0.3) is 0 Å². The van der Waals surface area contributed by atoms with Crippen molar-refractivity contribution in [2.24, 2.45) is 0 Å². The van der Waals surface area contributed by atoms with Crippen molar-refractivity contribution in [3.05, 3.63) is 90.7 Å². The van der Waals surface area contributed by atoms with Crippen LogP contribution in [0.4, 0.5) is 4.39 Å². The van der Waals surface area contributed by atoms with Gasteiger partial charge in [0, 0.05) is 31.4 Å². The Kier molecular flexibility index (Phi) is 9.88. The van der Waals surface area contributed by atoms with Gasteiger partial charge in [-0.3, -0.25) is 0 Å². The van der Waals surface area contributed by atoms with E-state index in [0.29, 0.717) is 18.1 Å². The quantitative estimate of drug-likeness (QED) is 0.322. The van der Waals surface area contributed by atoms with Crippen molar-refractivity contribution in [2.45, 2.75) is 32.5 Å². The van der Waals surface area contributed by atoms with Crippen molar-refractivity contribution in [3.8, 4) is 28.5 Å². The fraction of sp³-hybridized carbons (Fsp3) is 0.200. The third-order valence-corrected chi connectivity index (χ3v) is 4.41. The molecule has 2 atom stereocenters. The Hall–Kier alpha value is -2.70. The fourth-order valence-corrected chi connectivity index (χ4v) is 3.09. The molecule has 0 spiro atoms. The summed E-state index contributed by atoms with van der Waals surface area (Å²) in [5.41, 5.74) is 2.57. The molecule has 0 aliphatic rings. The van der Waals surface area contributed by atoms with E-state index in [9.17, 15) is 4.39 Å². The average molecular weight is 611 g/mol. The van der Waals surface area contributed by atoms with Gasteiger partial charge in [0.1, 0.15) is 5.82 Å². The summed E-state index contributed by atoms with van der Waals surface area (Å²) in [6.07, 6.45) is -0.278. The van der Waals surface area contributed by atoms with Crippen molar-refractivity contribution in [3.63, 3.8) is 0 Å². The summed E-state index contributed by atoms with van der Waals surface area (Å²) in [7, 11) is 0. The van der Waals surface area contributed by atoms with E-state index in [-0.39, 0.29) is 38.1 Å². The SMILES string of the molecule is CC(O)CC(C)O.Fc1ccc(-n2c(-c3[c-]cccc3)nnc2-c2ccccc2)cc1.[Ir]. The summed E-state index contributed by atoms with van der Waals surface area (Å²) < 4.78 is 15.2. The Labute approximate surface area is 200 Å². The predicted molar refractivity (Wildman–Crippen MR) is 119 cm³/mol. The van der Waals surface area contributed by atoms with Gasteiger partial charge >= 0.3 is 0 Å². The molecular weight excluding hydrogens is 586 g/mol. The summed E-state index contributed by atoms with van der Waals surface area (Å²) in [5, 5.41) is 25.8. The number of benzene rings is 3. The van der Waals surface area contributed by atoms with Gasteiger partial charge in [0.2, 0.25) is 0 Å². The number of aliphatic hydroxyl groups is 2. The molecule has 32 heavy (non-hydrogen) atoms. The molecule has 1 radical (unpaired) electrons. The molecule has 169 valence electrons. The van der Waals surface area contributed by atoms with E-state index in [0.717, 1.165) is 16.8 Å². The molecule has 2 N–H and O–H groups in total. The maximum Gasteiger partial charge on any atom is 0.159 e. The zero-order valence-electron chi connectivity index (χ0n) is 17.8. The van der Waals surface area contributed by atoms with Crippen LogP contribution in [0.5, 0.6) is 0 Å². The van der Waals surface area contributed by atoms with Crippen LogP contribution in [0.15, 0.2) is 78.9 Å². The summed E-state index contributed by atoms with van der Waals surface area (Å²) in [4.78, 5) is 0. The Morgan fingerprint density at radius 2 is 1.44 bits per heavy atom. The number of aliphatic hydroxyl groups excluding tert-OH is 2. The Morgan fingerprint density at radius 1 is 0.844 bits per heavy atom. The van der Waals surface area contributed by atoms with Crippen LogP contribution < -0.4 is 0 Å². The van der Waals surface area contributed by atoms with Gasteiger partial charge < -0.3 is 14.8 Å². The fourth-order valence-electron chi connectivity index (χ4n) is 3.09. The van der Waals surface area contributed by atoms with E-state index < -0.39 is 0 Å². The summed E-state index contributed by atoms with van der Waals surface area (Å²) in [5.74, 6) is 1.09. The Morgan fingerprint density at radius 3 is 1.97 bits per heavy atom. The first kappa shape index (κ1) is 25.6.